The van der Waals surface area contributed by atoms with Gasteiger partial charge in [-0.2, -0.15) is 0 Å². The lowest BCUT2D eigenvalue weighted by Crippen LogP contribution is -2.57. The molecule has 0 radical (unpaired) electrons. The fraction of sp³-hybridized carbons (Fsp3) is 0.333. The molecule has 2 fully saturated rings. The first-order valence-electron chi connectivity index (χ1n) is 19.4. The largest absolute Gasteiger partial charge is 0.497 e. The third-order valence-corrected chi connectivity index (χ3v) is 14.0. The lowest BCUT2D eigenvalue weighted by molar-refractivity contribution is -0.0673. The van der Waals surface area contributed by atoms with Gasteiger partial charge in [0, 0.05) is 34.4 Å². The van der Waals surface area contributed by atoms with Gasteiger partial charge in [0.15, 0.2) is 0 Å². The summed E-state index contributed by atoms with van der Waals surface area (Å²) in [5.41, 5.74) is 13.5. The van der Waals surface area contributed by atoms with Crippen molar-refractivity contribution >= 4 is 0 Å². The molecule has 4 bridgehead atoms. The second-order valence-corrected chi connectivity index (χ2v) is 17.1. The predicted octanol–water partition coefficient (Wildman–Crippen LogP) is 11.1. The highest BCUT2D eigenvalue weighted by molar-refractivity contribution is 5.67. The minimum atomic E-state index is 0.199. The minimum Gasteiger partial charge on any atom is -0.497 e. The van der Waals surface area contributed by atoms with Gasteiger partial charge in [-0.15, -0.1) is 0 Å². The Bertz CT molecular complexity index is 2250. The van der Waals surface area contributed by atoms with Crippen molar-refractivity contribution in [1.29, 1.82) is 0 Å². The lowest BCUT2D eigenvalue weighted by atomic mass is 9.37. The van der Waals surface area contributed by atoms with E-state index in [1.54, 1.807) is 14.2 Å². The number of aromatic nitrogens is 4. The van der Waals surface area contributed by atoms with E-state index in [-0.39, 0.29) is 22.7 Å². The van der Waals surface area contributed by atoms with Crippen LogP contribution < -0.4 is 9.47 Å². The zero-order valence-electron chi connectivity index (χ0n) is 31.9. The van der Waals surface area contributed by atoms with Gasteiger partial charge in [0.2, 0.25) is 0 Å². The molecule has 0 aliphatic heterocycles. The number of rotatable bonds is 7. The van der Waals surface area contributed by atoms with E-state index in [1.807, 2.05) is 24.3 Å². The Kier molecular flexibility index (Phi) is 7.43. The molecular formula is C48H46N4O2. The van der Waals surface area contributed by atoms with Crippen molar-refractivity contribution < 1.29 is 9.47 Å². The summed E-state index contributed by atoms with van der Waals surface area (Å²) in [7, 11) is 3.39. The Balaban J connectivity index is 1.07. The van der Waals surface area contributed by atoms with E-state index in [9.17, 15) is 0 Å². The number of ether oxygens (including phenoxy) is 2. The van der Waals surface area contributed by atoms with E-state index < -0.39 is 0 Å². The molecule has 2 saturated carbocycles. The van der Waals surface area contributed by atoms with Crippen LogP contribution in [-0.2, 0) is 0 Å². The first-order chi connectivity index (χ1) is 26.1. The molecular weight excluding hydrogens is 665 g/mol. The van der Waals surface area contributed by atoms with Crippen LogP contribution in [0.5, 0.6) is 11.5 Å². The van der Waals surface area contributed by atoms with Gasteiger partial charge in [0.1, 0.15) is 11.5 Å². The Morgan fingerprint density at radius 1 is 0.444 bits per heavy atom. The molecule has 4 heterocycles. The van der Waals surface area contributed by atoms with E-state index in [2.05, 4.69) is 113 Å². The molecule has 2 aromatic carbocycles. The Morgan fingerprint density at radius 2 is 0.815 bits per heavy atom. The van der Waals surface area contributed by atoms with E-state index in [1.165, 1.54) is 35.4 Å². The standard InChI is InChI=1S/C48H46N4O2/c1-47(2)33-25-35(47)43(45-31(33)21-23-41(51-45)39-11-7-9-37(49-39)27-13-17-29(53-5)18-14-27)44-36-26-34(48(36,3)4)32-22-24-42(52-46(32)44)40-12-8-10-38(50-40)28-15-19-30(54-6)20-16-28/h7-24,33-36,43-44H,25-26H2,1-6H3/t33-,34-,35+,36+,43+,44+/m0/s1. The predicted molar refractivity (Wildman–Crippen MR) is 214 cm³/mol. The molecule has 6 heteroatoms. The zero-order valence-corrected chi connectivity index (χ0v) is 31.9. The van der Waals surface area contributed by atoms with Crippen LogP contribution in [-0.4, -0.2) is 34.2 Å². The van der Waals surface area contributed by atoms with Crippen LogP contribution in [0.2, 0.25) is 0 Å². The highest BCUT2D eigenvalue weighted by atomic mass is 16.5. The summed E-state index contributed by atoms with van der Waals surface area (Å²) in [6.07, 6.45) is 2.43. The maximum atomic E-state index is 5.63. The van der Waals surface area contributed by atoms with E-state index >= 15 is 0 Å². The van der Waals surface area contributed by atoms with Crippen molar-refractivity contribution in [3.63, 3.8) is 0 Å². The SMILES string of the molecule is COc1ccc(-c2cccc(-c3ccc4c(n3)[C@@H]([C@@H]3c5nc(-c6cccc(-c7ccc(OC)cc7)n6)ccc5[C@@H]5C[C@H]3C5(C)C)[C@H]3C[C@@H]4C3(C)C)n2)cc1. The molecule has 12 rings (SSSR count). The molecule has 6 nitrogen and oxygen atoms in total. The van der Waals surface area contributed by atoms with Gasteiger partial charge < -0.3 is 9.47 Å². The summed E-state index contributed by atoms with van der Waals surface area (Å²) in [5, 5.41) is 0. The van der Waals surface area contributed by atoms with E-state index in [0.717, 1.165) is 56.8 Å². The maximum Gasteiger partial charge on any atom is 0.118 e. The summed E-state index contributed by atoms with van der Waals surface area (Å²) in [4.78, 5) is 21.6. The number of pyridine rings is 4. The molecule has 0 saturated heterocycles. The average Bonchev–Trinajstić information content (AvgIpc) is 3.22. The molecule has 6 aliphatic rings. The van der Waals surface area contributed by atoms with Gasteiger partial charge in [-0.05, 0) is 143 Å². The second-order valence-electron chi connectivity index (χ2n) is 17.1. The lowest BCUT2D eigenvalue weighted by Gasteiger charge is -2.67. The number of hydrogen-bond acceptors (Lipinski definition) is 6. The third kappa shape index (κ3) is 4.91. The molecule has 0 amide bonds. The fourth-order valence-electron chi connectivity index (χ4n) is 10.8. The van der Waals surface area contributed by atoms with Crippen molar-refractivity contribution in [3.8, 4) is 56.8 Å². The quantitative estimate of drug-likeness (QED) is 0.164. The summed E-state index contributed by atoms with van der Waals surface area (Å²) in [6.45, 7) is 9.97. The Hall–Kier alpha value is -5.36. The van der Waals surface area contributed by atoms with Gasteiger partial charge in [-0.3, -0.25) is 9.97 Å². The van der Waals surface area contributed by atoms with E-state index in [0.29, 0.717) is 23.7 Å². The molecule has 6 aromatic rings. The molecule has 6 aliphatic carbocycles. The smallest absolute Gasteiger partial charge is 0.118 e. The maximum absolute atomic E-state index is 5.63. The first kappa shape index (κ1) is 33.2. The second kappa shape index (κ2) is 12.1. The first-order valence-corrected chi connectivity index (χ1v) is 19.4. The van der Waals surface area contributed by atoms with Crippen molar-refractivity contribution in [2.24, 2.45) is 22.7 Å². The average molecular weight is 711 g/mol. The van der Waals surface area contributed by atoms with E-state index in [4.69, 9.17) is 29.4 Å². The van der Waals surface area contributed by atoms with Gasteiger partial charge in [0.25, 0.3) is 0 Å². The Labute approximate surface area is 318 Å². The van der Waals surface area contributed by atoms with Crippen LogP contribution in [0.1, 0.15) is 86.7 Å². The minimum absolute atomic E-state index is 0.199. The van der Waals surface area contributed by atoms with Gasteiger partial charge in [-0.25, -0.2) is 9.97 Å². The van der Waals surface area contributed by atoms with Crippen LogP contribution in [0, 0.1) is 22.7 Å². The van der Waals surface area contributed by atoms with Gasteiger partial charge in [0.05, 0.1) is 48.4 Å². The topological polar surface area (TPSA) is 70.0 Å². The molecule has 6 atom stereocenters. The summed E-state index contributed by atoms with van der Waals surface area (Å²) in [5.74, 6) is 4.32. The van der Waals surface area contributed by atoms with Crippen LogP contribution in [0.25, 0.3) is 45.3 Å². The highest BCUT2D eigenvalue weighted by Crippen LogP contribution is 2.75. The van der Waals surface area contributed by atoms with Crippen LogP contribution in [0.15, 0.2) is 109 Å². The van der Waals surface area contributed by atoms with Crippen molar-refractivity contribution in [2.45, 2.75) is 64.2 Å². The van der Waals surface area contributed by atoms with Gasteiger partial charge >= 0.3 is 0 Å². The molecule has 4 aromatic heterocycles. The summed E-state index contributed by atoms with van der Waals surface area (Å²) >= 11 is 0. The normalized spacial score (nSPS) is 25.0. The van der Waals surface area contributed by atoms with Gasteiger partial charge in [-0.1, -0.05) is 52.0 Å². The van der Waals surface area contributed by atoms with Crippen LogP contribution in [0.3, 0.4) is 0 Å². The van der Waals surface area contributed by atoms with Crippen molar-refractivity contribution in [3.05, 3.63) is 132 Å². The number of benzene rings is 2. The summed E-state index contributed by atoms with van der Waals surface area (Å²) in [6, 6.07) is 37.9. The number of nitrogens with zero attached hydrogens (tertiary/aromatic N) is 4. The highest BCUT2D eigenvalue weighted by Gasteiger charge is 2.65. The molecule has 54 heavy (non-hydrogen) atoms. The molecule has 270 valence electrons. The Morgan fingerprint density at radius 3 is 1.19 bits per heavy atom. The fourth-order valence-corrected chi connectivity index (χ4v) is 10.8. The molecule has 0 unspecified atom stereocenters. The molecule has 0 spiro atoms. The molecule has 0 N–H and O–H groups in total. The van der Waals surface area contributed by atoms with Crippen molar-refractivity contribution in [2.75, 3.05) is 14.2 Å². The monoisotopic (exact) mass is 710 g/mol. The number of fused-ring (bicyclic) bond motifs is 1. The third-order valence-electron chi connectivity index (χ3n) is 14.0. The number of hydrogen-bond donors (Lipinski definition) is 0. The van der Waals surface area contributed by atoms with Crippen LogP contribution in [0.4, 0.5) is 0 Å². The summed E-state index contributed by atoms with van der Waals surface area (Å²) < 4.78 is 10.8. The zero-order chi connectivity index (χ0) is 36.9. The van der Waals surface area contributed by atoms with Crippen LogP contribution >= 0.6 is 0 Å². The number of methoxy groups -OCH3 is 2. The van der Waals surface area contributed by atoms with Crippen molar-refractivity contribution in [1.82, 2.24) is 19.9 Å².